The number of rotatable bonds is 13. The van der Waals surface area contributed by atoms with Crippen molar-refractivity contribution < 1.29 is 14.0 Å². The van der Waals surface area contributed by atoms with Gasteiger partial charge in [0.25, 0.3) is 0 Å². The molecule has 25 rings (SSSR count). The Morgan fingerprint density at radius 3 is 1.36 bits per heavy atom. The summed E-state index contributed by atoms with van der Waals surface area (Å²) in [4.78, 5) is 93.8. The molecular formula is C124H83N11O4. The maximum atomic E-state index is 13.6. The van der Waals surface area contributed by atoms with Crippen LogP contribution in [0.15, 0.2) is 440 Å². The van der Waals surface area contributed by atoms with Crippen LogP contribution in [0, 0.1) is 0 Å². The summed E-state index contributed by atoms with van der Waals surface area (Å²) in [5, 5.41) is 4.32. The second-order valence-corrected chi connectivity index (χ2v) is 35.8. The van der Waals surface area contributed by atoms with Crippen molar-refractivity contribution in [1.29, 1.82) is 0 Å². The molecule has 0 fully saturated rings. The largest absolute Gasteiger partial charge is 0.456 e. The van der Waals surface area contributed by atoms with E-state index in [1.54, 1.807) is 24.7 Å². The molecule has 0 N–H and O–H groups in total. The van der Waals surface area contributed by atoms with Gasteiger partial charge in [0.2, 0.25) is 5.43 Å². The number of hydrogen-bond acceptors (Lipinski definition) is 15. The summed E-state index contributed by atoms with van der Waals surface area (Å²) in [6, 6.07) is 138. The lowest BCUT2D eigenvalue weighted by molar-refractivity contribution is 0.102. The monoisotopic (exact) mass is 1790 g/mol. The number of pyridine rings is 3. The zero-order valence-corrected chi connectivity index (χ0v) is 76.0. The zero-order chi connectivity index (χ0) is 93.8. The molecule has 0 atom stereocenters. The van der Waals surface area contributed by atoms with Crippen LogP contribution in [-0.2, 0) is 10.8 Å². The van der Waals surface area contributed by atoms with E-state index in [4.69, 9.17) is 44.3 Å². The Bertz CT molecular complexity index is 8750. The summed E-state index contributed by atoms with van der Waals surface area (Å²) in [6.07, 6.45) is 5.09. The minimum absolute atomic E-state index is 0.0425. The van der Waals surface area contributed by atoms with Crippen LogP contribution in [0.3, 0.4) is 0 Å². The Morgan fingerprint density at radius 1 is 0.216 bits per heavy atom. The van der Waals surface area contributed by atoms with Crippen LogP contribution in [0.5, 0.6) is 0 Å². The standard InChI is InChI=1S/C43H29N5O.C42H25N5O2.C39H29NO/c1-43(2)35-12-6-5-11-33(35)38(49)34-25-31(19-21-36(34)43)27-13-16-29(17-14-27)40-46-41(32-18-15-26-8-3-4-9-30(26)24-32)48-42(47-40)37-22-20-28-10-7-23-44-39(28)45-37;48-39-32-17-8-9-20-36(32)49-37-25-27(21-22-33(37)39)28-13-4-5-14-29(28)30-15-6-7-16-31(30)41-45-40(26-11-2-1-3-12-26)46-42(47-41)34-18-10-19-35-38(34)44-24-23-43-35;1-39(2)34-19-10-9-18-32(34)38(41)33-23-29(20-21-35(33)39)28-16-11-17-30(22-28)37-25-31(26-12-5-3-6-13-26)24-36(40-37)27-14-7-4-8-15-27/h3-25H,1-2H3;1-25H;3-25H,1-2H3. The number of nitrogens with zero attached hydrogens (tertiary/aromatic N) is 11. The smallest absolute Gasteiger partial charge is 0.200 e. The van der Waals surface area contributed by atoms with Crippen molar-refractivity contribution in [2.24, 2.45) is 0 Å². The van der Waals surface area contributed by atoms with E-state index in [-0.39, 0.29) is 27.8 Å². The van der Waals surface area contributed by atoms with Gasteiger partial charge in [-0.2, -0.15) is 0 Å². The van der Waals surface area contributed by atoms with Gasteiger partial charge in [-0.05, 0) is 186 Å². The highest BCUT2D eigenvalue weighted by Gasteiger charge is 2.39. The predicted molar refractivity (Wildman–Crippen MR) is 556 cm³/mol. The van der Waals surface area contributed by atoms with Gasteiger partial charge in [-0.3, -0.25) is 24.4 Å². The summed E-state index contributed by atoms with van der Waals surface area (Å²) >= 11 is 0. The molecule has 0 bridgehead atoms. The van der Waals surface area contributed by atoms with Gasteiger partial charge in [0.05, 0.1) is 33.2 Å². The molecule has 2 aliphatic rings. The second-order valence-electron chi connectivity index (χ2n) is 35.8. The Kier molecular flexibility index (Phi) is 21.7. The minimum atomic E-state index is -0.267. The number of benzene rings is 16. The van der Waals surface area contributed by atoms with Crippen LogP contribution in [0.1, 0.15) is 81.8 Å². The van der Waals surface area contributed by atoms with Crippen LogP contribution < -0.4 is 5.43 Å². The minimum Gasteiger partial charge on any atom is -0.456 e. The highest BCUT2D eigenvalue weighted by Crippen LogP contribution is 2.47. The van der Waals surface area contributed by atoms with Gasteiger partial charge >= 0.3 is 0 Å². The number of aromatic nitrogens is 11. The molecule has 0 unspecified atom stereocenters. The van der Waals surface area contributed by atoms with E-state index in [9.17, 15) is 14.4 Å². The Balaban J connectivity index is 0.000000117. The molecule has 2 aliphatic carbocycles. The maximum absolute atomic E-state index is 13.6. The molecule has 0 spiro atoms. The highest BCUT2D eigenvalue weighted by molar-refractivity contribution is 6.15. The molecule has 0 radical (unpaired) electrons. The van der Waals surface area contributed by atoms with Crippen LogP contribution in [0.25, 0.3) is 201 Å². The highest BCUT2D eigenvalue weighted by atomic mass is 16.3. The summed E-state index contributed by atoms with van der Waals surface area (Å²) in [5.41, 5.74) is 29.1. The maximum Gasteiger partial charge on any atom is 0.200 e. The molecule has 7 heterocycles. The first-order valence-corrected chi connectivity index (χ1v) is 46.2. The van der Waals surface area contributed by atoms with Crippen LogP contribution in [0.2, 0.25) is 0 Å². The number of ketones is 2. The Hall–Kier alpha value is -18.3. The molecule has 139 heavy (non-hydrogen) atoms. The fourth-order valence-corrected chi connectivity index (χ4v) is 19.4. The van der Waals surface area contributed by atoms with Gasteiger partial charge in [-0.15, -0.1) is 0 Å². The van der Waals surface area contributed by atoms with Gasteiger partial charge < -0.3 is 4.42 Å². The molecule has 16 aromatic carbocycles. The van der Waals surface area contributed by atoms with Crippen molar-refractivity contribution in [3.8, 4) is 147 Å². The Morgan fingerprint density at radius 2 is 0.662 bits per heavy atom. The topological polar surface area (TPSA) is 206 Å². The summed E-state index contributed by atoms with van der Waals surface area (Å²) in [6.45, 7) is 8.77. The lowest BCUT2D eigenvalue weighted by atomic mass is 9.68. The first kappa shape index (κ1) is 84.9. The lowest BCUT2D eigenvalue weighted by Gasteiger charge is -2.34. The van der Waals surface area contributed by atoms with Crippen LogP contribution >= 0.6 is 0 Å². The third kappa shape index (κ3) is 16.1. The number of para-hydroxylation sites is 2. The average molecular weight is 1790 g/mol. The first-order valence-electron chi connectivity index (χ1n) is 46.2. The van der Waals surface area contributed by atoms with Gasteiger partial charge in [-0.25, -0.2) is 44.9 Å². The molecule has 23 aromatic rings. The van der Waals surface area contributed by atoms with E-state index in [0.717, 1.165) is 178 Å². The van der Waals surface area contributed by atoms with Crippen molar-refractivity contribution in [2.75, 3.05) is 0 Å². The normalized spacial score (nSPS) is 12.6. The van der Waals surface area contributed by atoms with E-state index in [2.05, 4.69) is 213 Å². The zero-order valence-electron chi connectivity index (χ0n) is 76.0. The third-order valence-electron chi connectivity index (χ3n) is 26.6. The Labute approximate surface area is 800 Å². The third-order valence-corrected chi connectivity index (χ3v) is 26.6. The van der Waals surface area contributed by atoms with Gasteiger partial charge in [0, 0.05) is 96.0 Å². The molecule has 0 saturated carbocycles. The molecule has 658 valence electrons. The van der Waals surface area contributed by atoms with Crippen molar-refractivity contribution in [3.63, 3.8) is 0 Å². The van der Waals surface area contributed by atoms with Gasteiger partial charge in [0.15, 0.2) is 52.2 Å². The molecular weight excluding hydrogens is 1710 g/mol. The summed E-state index contributed by atoms with van der Waals surface area (Å²) in [7, 11) is 0. The molecule has 0 saturated heterocycles. The number of carbonyl (C=O) groups excluding carboxylic acids is 2. The van der Waals surface area contributed by atoms with Gasteiger partial charge in [0.1, 0.15) is 16.9 Å². The van der Waals surface area contributed by atoms with Crippen molar-refractivity contribution in [3.05, 3.63) is 486 Å². The number of fused-ring (bicyclic) bond motifs is 9. The molecule has 15 nitrogen and oxygen atoms in total. The molecule has 0 aliphatic heterocycles. The van der Waals surface area contributed by atoms with Crippen LogP contribution in [0.4, 0.5) is 0 Å². The van der Waals surface area contributed by atoms with Crippen molar-refractivity contribution in [2.45, 2.75) is 38.5 Å². The summed E-state index contributed by atoms with van der Waals surface area (Å²) in [5.74, 6) is 3.34. The van der Waals surface area contributed by atoms with Crippen molar-refractivity contribution in [1.82, 2.24) is 54.8 Å². The van der Waals surface area contributed by atoms with E-state index in [0.29, 0.717) is 68.2 Å². The van der Waals surface area contributed by atoms with Crippen LogP contribution in [-0.4, -0.2) is 66.4 Å². The van der Waals surface area contributed by atoms with E-state index in [1.807, 2.05) is 237 Å². The van der Waals surface area contributed by atoms with E-state index >= 15 is 0 Å². The molecule has 7 aromatic heterocycles. The summed E-state index contributed by atoms with van der Waals surface area (Å²) < 4.78 is 6.23. The quantitative estimate of drug-likeness (QED) is 0.0984. The fraction of sp³-hybridized carbons (Fsp3) is 0.0484. The number of carbonyl (C=O) groups is 2. The van der Waals surface area contributed by atoms with Crippen molar-refractivity contribution >= 4 is 66.3 Å². The first-order chi connectivity index (χ1) is 68.1. The van der Waals surface area contributed by atoms with Gasteiger partial charge in [-0.1, -0.05) is 343 Å². The predicted octanol–water partition coefficient (Wildman–Crippen LogP) is 28.5. The lowest BCUT2D eigenvalue weighted by Crippen LogP contribution is -2.30. The number of hydrogen-bond donors (Lipinski definition) is 0. The average Bonchev–Trinajstić information content (AvgIpc) is 0.732. The molecule has 15 heteroatoms. The SMILES string of the molecule is CC1(C)c2ccccc2C(=O)c2cc(-c3ccc(-c4nc(-c5ccc6ccccc6c5)nc(-c5ccc6cccnc6n5)n4)cc3)ccc21.CC1(C)c2ccccc2C(=O)c2cc(-c3cccc(-c4cc(-c5ccccc5)cc(-c5ccccc5)n4)c3)ccc21.O=c1c2ccccc2oc2cc(-c3ccccc3-c3ccccc3-c3nc(-c4ccccc4)nc(-c4cccc5nccnc45)n3)ccc12. The fourth-order valence-electron chi connectivity index (χ4n) is 19.4. The molecule has 0 amide bonds. The second kappa shape index (κ2) is 35.6. The van der Waals surface area contributed by atoms with E-state index in [1.165, 1.54) is 0 Å². The van der Waals surface area contributed by atoms with E-state index < -0.39 is 0 Å².